The molecule has 4 heteroatoms. The van der Waals surface area contributed by atoms with Gasteiger partial charge in [0.05, 0.1) is 5.69 Å². The van der Waals surface area contributed by atoms with Crippen molar-refractivity contribution in [3.8, 4) is 0 Å². The maximum atomic E-state index is 5.67. The maximum Gasteiger partial charge on any atom is 0.151 e. The summed E-state index contributed by atoms with van der Waals surface area (Å²) in [5.41, 5.74) is 1.09. The van der Waals surface area contributed by atoms with Crippen LogP contribution in [-0.4, -0.2) is 21.7 Å². The molecule has 1 unspecified atom stereocenters. The second kappa shape index (κ2) is 4.29. The molecule has 2 rings (SSSR count). The summed E-state index contributed by atoms with van der Waals surface area (Å²) < 4.78 is 0. The van der Waals surface area contributed by atoms with Crippen molar-refractivity contribution in [3.63, 3.8) is 0 Å². The molecular formula is C9H11ClN2S. The van der Waals surface area contributed by atoms with Crippen molar-refractivity contribution in [2.45, 2.75) is 18.8 Å². The van der Waals surface area contributed by atoms with E-state index in [2.05, 4.69) is 10.2 Å². The van der Waals surface area contributed by atoms with Gasteiger partial charge in [0.1, 0.15) is 0 Å². The van der Waals surface area contributed by atoms with Crippen molar-refractivity contribution in [1.82, 2.24) is 10.2 Å². The predicted molar refractivity (Wildman–Crippen MR) is 56.3 cm³/mol. The second-order valence-electron chi connectivity index (χ2n) is 3.19. The van der Waals surface area contributed by atoms with Crippen LogP contribution in [0.15, 0.2) is 12.1 Å². The number of hydrogen-bond acceptors (Lipinski definition) is 3. The fourth-order valence-corrected chi connectivity index (χ4v) is 2.78. The third-order valence-corrected chi connectivity index (χ3v) is 3.65. The number of hydrogen-bond donors (Lipinski definition) is 0. The van der Waals surface area contributed by atoms with Gasteiger partial charge in [-0.2, -0.15) is 16.9 Å². The smallest absolute Gasteiger partial charge is 0.151 e. The van der Waals surface area contributed by atoms with E-state index in [0.717, 1.165) is 5.69 Å². The van der Waals surface area contributed by atoms with Gasteiger partial charge in [-0.1, -0.05) is 11.6 Å². The minimum absolute atomic E-state index is 0.479. The molecule has 1 atom stereocenters. The predicted octanol–water partition coefficient (Wildman–Crippen LogP) is 2.74. The lowest BCUT2D eigenvalue weighted by Crippen LogP contribution is -2.10. The van der Waals surface area contributed by atoms with E-state index < -0.39 is 0 Å². The van der Waals surface area contributed by atoms with Crippen LogP contribution in [0, 0.1) is 0 Å². The van der Waals surface area contributed by atoms with E-state index in [0.29, 0.717) is 11.1 Å². The van der Waals surface area contributed by atoms with Crippen LogP contribution in [0.25, 0.3) is 0 Å². The van der Waals surface area contributed by atoms with Gasteiger partial charge in [0.25, 0.3) is 0 Å². The molecule has 1 saturated heterocycles. The molecular weight excluding hydrogens is 204 g/mol. The summed E-state index contributed by atoms with van der Waals surface area (Å²) in [5.74, 6) is 3.05. The molecule has 1 aromatic rings. The SMILES string of the molecule is Clc1ccc(C2CCCSC2)nn1. The zero-order valence-electron chi connectivity index (χ0n) is 7.24. The van der Waals surface area contributed by atoms with Gasteiger partial charge in [-0.25, -0.2) is 0 Å². The minimum atomic E-state index is 0.479. The molecule has 1 aromatic heterocycles. The Morgan fingerprint density at radius 2 is 2.31 bits per heavy atom. The summed E-state index contributed by atoms with van der Waals surface area (Å²) in [6.07, 6.45) is 2.53. The Kier molecular flexibility index (Phi) is 3.06. The fraction of sp³-hybridized carbons (Fsp3) is 0.556. The van der Waals surface area contributed by atoms with Crippen LogP contribution in [0.4, 0.5) is 0 Å². The molecule has 70 valence electrons. The highest BCUT2D eigenvalue weighted by Gasteiger charge is 2.17. The molecule has 0 radical (unpaired) electrons. The summed E-state index contributed by atoms with van der Waals surface area (Å²) in [6, 6.07) is 3.81. The van der Waals surface area contributed by atoms with Gasteiger partial charge in [0.2, 0.25) is 0 Å². The highest BCUT2D eigenvalue weighted by molar-refractivity contribution is 7.99. The van der Waals surface area contributed by atoms with Crippen molar-refractivity contribution >= 4 is 23.4 Å². The molecule has 0 aromatic carbocycles. The van der Waals surface area contributed by atoms with Gasteiger partial charge >= 0.3 is 0 Å². The molecule has 0 N–H and O–H groups in total. The Morgan fingerprint density at radius 3 is 2.92 bits per heavy atom. The lowest BCUT2D eigenvalue weighted by atomic mass is 10.0. The van der Waals surface area contributed by atoms with Gasteiger partial charge in [-0.3, -0.25) is 0 Å². The number of nitrogens with zero attached hydrogens (tertiary/aromatic N) is 2. The van der Waals surface area contributed by atoms with Crippen molar-refractivity contribution < 1.29 is 0 Å². The third kappa shape index (κ3) is 2.35. The van der Waals surface area contributed by atoms with Crippen molar-refractivity contribution in [1.29, 1.82) is 0 Å². The van der Waals surface area contributed by atoms with Crippen molar-refractivity contribution in [2.24, 2.45) is 0 Å². The Labute approximate surface area is 87.1 Å². The van der Waals surface area contributed by atoms with Crippen LogP contribution >= 0.6 is 23.4 Å². The van der Waals surface area contributed by atoms with Crippen LogP contribution in [0.3, 0.4) is 0 Å². The van der Waals surface area contributed by atoms with E-state index in [1.807, 2.05) is 23.9 Å². The number of aromatic nitrogens is 2. The molecule has 13 heavy (non-hydrogen) atoms. The van der Waals surface area contributed by atoms with Gasteiger partial charge in [-0.05, 0) is 30.7 Å². The van der Waals surface area contributed by atoms with Crippen molar-refractivity contribution in [3.05, 3.63) is 23.0 Å². The Morgan fingerprint density at radius 1 is 1.38 bits per heavy atom. The summed E-state index contributed by atoms with van der Waals surface area (Å²) in [4.78, 5) is 0. The van der Waals surface area contributed by atoms with E-state index in [1.54, 1.807) is 0 Å². The molecule has 1 fully saturated rings. The van der Waals surface area contributed by atoms with E-state index in [-0.39, 0.29) is 0 Å². The summed E-state index contributed by atoms with van der Waals surface area (Å²) in [6.45, 7) is 0. The topological polar surface area (TPSA) is 25.8 Å². The first kappa shape index (κ1) is 9.28. The Balaban J connectivity index is 2.10. The Hall–Kier alpha value is -0.280. The first-order chi connectivity index (χ1) is 6.36. The van der Waals surface area contributed by atoms with E-state index in [1.165, 1.54) is 24.3 Å². The first-order valence-corrected chi connectivity index (χ1v) is 5.96. The monoisotopic (exact) mass is 214 g/mol. The summed E-state index contributed by atoms with van der Waals surface area (Å²) in [5, 5.41) is 8.45. The molecule has 1 aliphatic rings. The number of rotatable bonds is 1. The van der Waals surface area contributed by atoms with E-state index in [9.17, 15) is 0 Å². The van der Waals surface area contributed by atoms with Crippen LogP contribution in [0.1, 0.15) is 24.5 Å². The van der Waals surface area contributed by atoms with Gasteiger partial charge in [-0.15, -0.1) is 5.10 Å². The minimum Gasteiger partial charge on any atom is -0.161 e. The molecule has 0 saturated carbocycles. The highest BCUT2D eigenvalue weighted by atomic mass is 35.5. The van der Waals surface area contributed by atoms with E-state index >= 15 is 0 Å². The van der Waals surface area contributed by atoms with Crippen LogP contribution in [0.2, 0.25) is 5.15 Å². The van der Waals surface area contributed by atoms with E-state index in [4.69, 9.17) is 11.6 Å². The molecule has 0 aliphatic carbocycles. The molecule has 1 aliphatic heterocycles. The van der Waals surface area contributed by atoms with Crippen LogP contribution in [-0.2, 0) is 0 Å². The molecule has 0 spiro atoms. The average molecular weight is 215 g/mol. The van der Waals surface area contributed by atoms with Crippen LogP contribution in [0.5, 0.6) is 0 Å². The standard InChI is InChI=1S/C9H11ClN2S/c10-9-4-3-8(11-12-9)7-2-1-5-13-6-7/h3-4,7H,1-2,5-6H2. The largest absolute Gasteiger partial charge is 0.161 e. The lowest BCUT2D eigenvalue weighted by Gasteiger charge is -2.19. The van der Waals surface area contributed by atoms with Gasteiger partial charge in [0.15, 0.2) is 5.15 Å². The first-order valence-electron chi connectivity index (χ1n) is 4.43. The van der Waals surface area contributed by atoms with Gasteiger partial charge in [0, 0.05) is 11.7 Å². The Bertz CT molecular complexity index is 269. The van der Waals surface area contributed by atoms with Crippen molar-refractivity contribution in [2.75, 3.05) is 11.5 Å². The summed E-state index contributed by atoms with van der Waals surface area (Å²) >= 11 is 7.67. The molecule has 0 amide bonds. The second-order valence-corrected chi connectivity index (χ2v) is 4.73. The number of thioether (sulfide) groups is 1. The van der Waals surface area contributed by atoms with Gasteiger partial charge < -0.3 is 0 Å². The molecule has 0 bridgehead atoms. The van der Waals surface area contributed by atoms with Crippen LogP contribution < -0.4 is 0 Å². The quantitative estimate of drug-likeness (QED) is 0.719. The zero-order chi connectivity index (χ0) is 9.10. The number of halogens is 1. The summed E-state index contributed by atoms with van der Waals surface area (Å²) in [7, 11) is 0. The fourth-order valence-electron chi connectivity index (χ4n) is 1.52. The molecule has 2 heterocycles. The normalized spacial score (nSPS) is 23.0. The zero-order valence-corrected chi connectivity index (χ0v) is 8.81. The maximum absolute atomic E-state index is 5.67. The third-order valence-electron chi connectivity index (χ3n) is 2.23. The highest BCUT2D eigenvalue weighted by Crippen LogP contribution is 2.29. The average Bonchev–Trinajstić information content (AvgIpc) is 2.20. The lowest BCUT2D eigenvalue weighted by molar-refractivity contribution is 0.633. The molecule has 2 nitrogen and oxygen atoms in total.